The molecule has 0 aliphatic carbocycles. The maximum absolute atomic E-state index is 14.4. The molecule has 6 nitrogen and oxygen atoms in total. The van der Waals surface area contributed by atoms with Gasteiger partial charge in [-0.3, -0.25) is 0 Å². The molecule has 146 valence electrons. The van der Waals surface area contributed by atoms with Gasteiger partial charge in [-0.15, -0.1) is 0 Å². The number of aryl methyl sites for hydroxylation is 1. The number of halogens is 1. The van der Waals surface area contributed by atoms with Gasteiger partial charge < -0.3 is 20.1 Å². The van der Waals surface area contributed by atoms with Gasteiger partial charge in [0.15, 0.2) is 0 Å². The first kappa shape index (κ1) is 19.4. The number of rotatable bonds is 7. The zero-order valence-electron chi connectivity index (χ0n) is 16.0. The number of amides is 2. The number of nitrogens with one attached hydrogen (secondary N) is 2. The average molecular weight is 373 g/mol. The fourth-order valence-corrected chi connectivity index (χ4v) is 3.57. The van der Waals surface area contributed by atoms with Gasteiger partial charge in [0.25, 0.3) is 0 Å². The van der Waals surface area contributed by atoms with E-state index in [0.29, 0.717) is 24.7 Å². The fourth-order valence-electron chi connectivity index (χ4n) is 3.57. The first-order chi connectivity index (χ1) is 13.1. The molecule has 1 saturated heterocycles. The average Bonchev–Trinajstić information content (AvgIpc) is 3.27. The lowest BCUT2D eigenvalue weighted by molar-refractivity contribution is 0.238. The Balaban J connectivity index is 1.45. The van der Waals surface area contributed by atoms with E-state index in [4.69, 9.17) is 0 Å². The third-order valence-electron chi connectivity index (χ3n) is 5.01. The maximum atomic E-state index is 14.4. The SMILES string of the molecule is CCCN1CCC(CNC(=O)NCc2ccc(-n3ccnc3C)c(F)c2)C1. The molecule has 1 atom stereocenters. The van der Waals surface area contributed by atoms with Crippen molar-refractivity contribution in [1.82, 2.24) is 25.1 Å². The van der Waals surface area contributed by atoms with E-state index in [2.05, 4.69) is 27.4 Å². The summed E-state index contributed by atoms with van der Waals surface area (Å²) in [5.74, 6) is 0.902. The number of carbonyl (C=O) groups excluding carboxylic acids is 1. The van der Waals surface area contributed by atoms with Crippen molar-refractivity contribution in [3.05, 3.63) is 47.8 Å². The molecule has 1 aliphatic heterocycles. The Morgan fingerprint density at radius 1 is 1.37 bits per heavy atom. The van der Waals surface area contributed by atoms with Crippen LogP contribution >= 0.6 is 0 Å². The molecule has 1 aromatic heterocycles. The quantitative estimate of drug-likeness (QED) is 0.785. The van der Waals surface area contributed by atoms with Crippen LogP contribution in [0.3, 0.4) is 0 Å². The molecule has 0 saturated carbocycles. The largest absolute Gasteiger partial charge is 0.338 e. The van der Waals surface area contributed by atoms with Gasteiger partial charge in [0.1, 0.15) is 11.6 Å². The van der Waals surface area contributed by atoms with Crippen LogP contribution in [0.2, 0.25) is 0 Å². The van der Waals surface area contributed by atoms with Gasteiger partial charge in [-0.05, 0) is 56.5 Å². The lowest BCUT2D eigenvalue weighted by Gasteiger charge is -2.15. The van der Waals surface area contributed by atoms with Gasteiger partial charge in [-0.1, -0.05) is 13.0 Å². The van der Waals surface area contributed by atoms with Gasteiger partial charge in [0.05, 0.1) is 5.69 Å². The van der Waals surface area contributed by atoms with E-state index < -0.39 is 0 Å². The van der Waals surface area contributed by atoms with Crippen molar-refractivity contribution >= 4 is 6.03 Å². The topological polar surface area (TPSA) is 62.2 Å². The van der Waals surface area contributed by atoms with Gasteiger partial charge in [-0.2, -0.15) is 0 Å². The van der Waals surface area contributed by atoms with Gasteiger partial charge in [-0.25, -0.2) is 14.2 Å². The summed E-state index contributed by atoms with van der Waals surface area (Å²) in [6.45, 7) is 8.27. The molecule has 1 unspecified atom stereocenters. The lowest BCUT2D eigenvalue weighted by atomic mass is 10.1. The summed E-state index contributed by atoms with van der Waals surface area (Å²) in [6.07, 6.45) is 5.65. The van der Waals surface area contributed by atoms with Crippen LogP contribution in [0.1, 0.15) is 31.2 Å². The summed E-state index contributed by atoms with van der Waals surface area (Å²) in [7, 11) is 0. The van der Waals surface area contributed by atoms with Crippen LogP contribution in [0.5, 0.6) is 0 Å². The second-order valence-corrected chi connectivity index (χ2v) is 7.15. The Morgan fingerprint density at radius 2 is 2.22 bits per heavy atom. The van der Waals surface area contributed by atoms with Crippen LogP contribution in [-0.4, -0.2) is 46.7 Å². The van der Waals surface area contributed by atoms with E-state index in [-0.39, 0.29) is 11.8 Å². The minimum absolute atomic E-state index is 0.209. The molecule has 7 heteroatoms. The second-order valence-electron chi connectivity index (χ2n) is 7.15. The van der Waals surface area contributed by atoms with Gasteiger partial charge >= 0.3 is 6.03 Å². The van der Waals surface area contributed by atoms with Crippen molar-refractivity contribution in [2.75, 3.05) is 26.2 Å². The highest BCUT2D eigenvalue weighted by molar-refractivity contribution is 5.73. The summed E-state index contributed by atoms with van der Waals surface area (Å²) in [5.41, 5.74) is 1.18. The number of nitrogens with zero attached hydrogens (tertiary/aromatic N) is 3. The molecule has 2 aromatic rings. The Labute approximate surface area is 159 Å². The van der Waals surface area contributed by atoms with E-state index in [1.165, 1.54) is 6.07 Å². The smallest absolute Gasteiger partial charge is 0.315 e. The summed E-state index contributed by atoms with van der Waals surface area (Å²) < 4.78 is 16.1. The molecule has 0 radical (unpaired) electrons. The number of carbonyl (C=O) groups is 1. The Morgan fingerprint density at radius 3 is 2.93 bits per heavy atom. The van der Waals surface area contributed by atoms with Crippen molar-refractivity contribution in [2.24, 2.45) is 5.92 Å². The number of urea groups is 1. The molecule has 2 N–H and O–H groups in total. The number of aromatic nitrogens is 2. The van der Waals surface area contributed by atoms with Crippen LogP contribution < -0.4 is 10.6 Å². The Bertz CT molecular complexity index is 775. The zero-order valence-corrected chi connectivity index (χ0v) is 16.0. The molecule has 3 rings (SSSR count). The monoisotopic (exact) mass is 373 g/mol. The normalized spacial score (nSPS) is 17.2. The minimum atomic E-state index is -0.335. The van der Waals surface area contributed by atoms with Crippen molar-refractivity contribution in [2.45, 2.75) is 33.2 Å². The molecule has 0 bridgehead atoms. The Kier molecular flexibility index (Phi) is 6.45. The van der Waals surface area contributed by atoms with E-state index in [1.54, 1.807) is 23.0 Å². The van der Waals surface area contributed by atoms with E-state index in [1.807, 2.05) is 13.0 Å². The third-order valence-corrected chi connectivity index (χ3v) is 5.01. The molecule has 2 amide bonds. The van der Waals surface area contributed by atoms with Crippen LogP contribution in [0.4, 0.5) is 9.18 Å². The molecule has 2 heterocycles. The van der Waals surface area contributed by atoms with E-state index >= 15 is 0 Å². The minimum Gasteiger partial charge on any atom is -0.338 e. The molecule has 1 aromatic carbocycles. The first-order valence-corrected chi connectivity index (χ1v) is 9.59. The number of benzene rings is 1. The van der Waals surface area contributed by atoms with Crippen LogP contribution in [-0.2, 0) is 6.54 Å². The second kappa shape index (κ2) is 8.99. The first-order valence-electron chi connectivity index (χ1n) is 9.59. The summed E-state index contributed by atoms with van der Waals surface area (Å²) in [5, 5.41) is 5.73. The highest BCUT2D eigenvalue weighted by Crippen LogP contribution is 2.17. The summed E-state index contributed by atoms with van der Waals surface area (Å²) in [6, 6.07) is 4.77. The summed E-state index contributed by atoms with van der Waals surface area (Å²) >= 11 is 0. The van der Waals surface area contributed by atoms with Crippen molar-refractivity contribution in [3.8, 4) is 5.69 Å². The molecule has 27 heavy (non-hydrogen) atoms. The highest BCUT2D eigenvalue weighted by atomic mass is 19.1. The molecule has 0 spiro atoms. The van der Waals surface area contributed by atoms with Crippen LogP contribution in [0.25, 0.3) is 5.69 Å². The predicted octanol–water partition coefficient (Wildman–Crippen LogP) is 2.85. The van der Waals surface area contributed by atoms with Crippen molar-refractivity contribution in [1.29, 1.82) is 0 Å². The van der Waals surface area contributed by atoms with Crippen LogP contribution in [0.15, 0.2) is 30.6 Å². The Hall–Kier alpha value is -2.41. The standard InChI is InChI=1S/C20H28FN5O/c1-3-8-25-9-6-17(14-25)13-24-20(27)23-12-16-4-5-19(18(21)11-16)26-10-7-22-15(26)2/h4-5,7,10-11,17H,3,6,8-9,12-14H2,1-2H3,(H2,23,24,27). The highest BCUT2D eigenvalue weighted by Gasteiger charge is 2.21. The van der Waals surface area contributed by atoms with Gasteiger partial charge in [0, 0.05) is 32.0 Å². The molecule has 1 aliphatic rings. The number of hydrogen-bond donors (Lipinski definition) is 2. The number of imidazole rings is 1. The van der Waals surface area contributed by atoms with Crippen molar-refractivity contribution in [3.63, 3.8) is 0 Å². The molecular weight excluding hydrogens is 345 g/mol. The zero-order chi connectivity index (χ0) is 19.2. The third kappa shape index (κ3) is 5.07. The van der Waals surface area contributed by atoms with Crippen LogP contribution in [0, 0.1) is 18.7 Å². The fraction of sp³-hybridized carbons (Fsp3) is 0.500. The van der Waals surface area contributed by atoms with E-state index in [9.17, 15) is 9.18 Å². The lowest BCUT2D eigenvalue weighted by Crippen LogP contribution is -2.38. The van der Waals surface area contributed by atoms with Crippen molar-refractivity contribution < 1.29 is 9.18 Å². The summed E-state index contributed by atoms with van der Waals surface area (Å²) in [4.78, 5) is 18.6. The van der Waals surface area contributed by atoms with E-state index in [0.717, 1.165) is 43.9 Å². The number of likely N-dealkylation sites (tertiary alicyclic amines) is 1. The molecule has 1 fully saturated rings. The molecular formula is C20H28FN5O. The maximum Gasteiger partial charge on any atom is 0.315 e. The predicted molar refractivity (Wildman–Crippen MR) is 103 cm³/mol. The number of hydrogen-bond acceptors (Lipinski definition) is 3. The van der Waals surface area contributed by atoms with Gasteiger partial charge in [0.2, 0.25) is 0 Å².